The van der Waals surface area contributed by atoms with Crippen LogP contribution in [0.15, 0.2) is 53.4 Å². The van der Waals surface area contributed by atoms with E-state index in [1.165, 1.54) is 29.5 Å². The molecule has 6 nitrogen and oxygen atoms in total. The van der Waals surface area contributed by atoms with Crippen molar-refractivity contribution in [3.8, 4) is 11.3 Å². The molecular formula is C20H20ClN3O3S2. The highest BCUT2D eigenvalue weighted by Crippen LogP contribution is 2.31. The summed E-state index contributed by atoms with van der Waals surface area (Å²) in [5, 5.41) is 3.82. The summed E-state index contributed by atoms with van der Waals surface area (Å²) in [5.41, 5.74) is 1.90. The predicted octanol–water partition coefficient (Wildman–Crippen LogP) is 4.71. The molecule has 0 fully saturated rings. The highest BCUT2D eigenvalue weighted by Gasteiger charge is 2.18. The first-order valence-electron chi connectivity index (χ1n) is 8.83. The smallest absolute Gasteiger partial charge is 0.257 e. The number of nitrogens with zero attached hydrogens (tertiary/aromatic N) is 1. The summed E-state index contributed by atoms with van der Waals surface area (Å²) in [6, 6.07) is 12.9. The zero-order valence-electron chi connectivity index (χ0n) is 16.1. The van der Waals surface area contributed by atoms with Crippen LogP contribution in [-0.4, -0.2) is 25.4 Å². The molecule has 0 aliphatic carbocycles. The normalized spacial score (nSPS) is 11.6. The molecule has 2 aromatic carbocycles. The zero-order valence-corrected chi connectivity index (χ0v) is 18.5. The molecule has 1 heterocycles. The van der Waals surface area contributed by atoms with Crippen LogP contribution < -0.4 is 10.0 Å². The minimum absolute atomic E-state index is 0.0380. The van der Waals surface area contributed by atoms with Gasteiger partial charge < -0.3 is 0 Å². The monoisotopic (exact) mass is 449 g/mol. The summed E-state index contributed by atoms with van der Waals surface area (Å²) in [7, 11) is -3.68. The van der Waals surface area contributed by atoms with Crippen LogP contribution in [0.5, 0.6) is 0 Å². The highest BCUT2D eigenvalue weighted by molar-refractivity contribution is 7.89. The largest absolute Gasteiger partial charge is 0.298 e. The molecule has 0 radical (unpaired) electrons. The number of benzene rings is 2. The molecule has 3 aromatic rings. The van der Waals surface area contributed by atoms with Crippen LogP contribution >= 0.6 is 22.9 Å². The van der Waals surface area contributed by atoms with Crippen LogP contribution in [-0.2, 0) is 10.0 Å². The van der Waals surface area contributed by atoms with Crippen molar-refractivity contribution >= 4 is 44.0 Å². The Morgan fingerprint density at radius 1 is 1.14 bits per heavy atom. The summed E-state index contributed by atoms with van der Waals surface area (Å²) in [4.78, 5) is 18.1. The van der Waals surface area contributed by atoms with Gasteiger partial charge in [0.25, 0.3) is 5.91 Å². The molecule has 0 aliphatic rings. The van der Waals surface area contributed by atoms with Gasteiger partial charge in [-0.1, -0.05) is 29.8 Å². The van der Waals surface area contributed by atoms with Crippen LogP contribution in [0.2, 0.25) is 5.02 Å². The summed E-state index contributed by atoms with van der Waals surface area (Å²) in [6.07, 6.45) is 0. The molecule has 152 valence electrons. The van der Waals surface area contributed by atoms with Gasteiger partial charge in [-0.05, 0) is 51.1 Å². The number of hydrogen-bond donors (Lipinski definition) is 2. The molecule has 2 N–H and O–H groups in total. The summed E-state index contributed by atoms with van der Waals surface area (Å²) < 4.78 is 27.2. The molecule has 0 spiro atoms. The fraction of sp³-hybridized carbons (Fsp3) is 0.200. The van der Waals surface area contributed by atoms with Crippen LogP contribution in [0.3, 0.4) is 0 Å². The van der Waals surface area contributed by atoms with E-state index in [1.807, 2.05) is 19.1 Å². The van der Waals surface area contributed by atoms with Crippen molar-refractivity contribution in [1.82, 2.24) is 9.71 Å². The second-order valence-corrected chi connectivity index (χ2v) is 10.0. The molecule has 29 heavy (non-hydrogen) atoms. The number of amides is 1. The summed E-state index contributed by atoms with van der Waals surface area (Å²) >= 11 is 7.28. The van der Waals surface area contributed by atoms with Gasteiger partial charge in [0.1, 0.15) is 0 Å². The SMILES string of the molecule is Cc1sc(NC(=O)c2cccc(S(=O)(=O)NC(C)C)c2)nc1-c1ccc(Cl)cc1. The van der Waals surface area contributed by atoms with E-state index in [4.69, 9.17) is 11.6 Å². The molecule has 0 bridgehead atoms. The van der Waals surface area contributed by atoms with Crippen molar-refractivity contribution in [2.75, 3.05) is 5.32 Å². The number of halogens is 1. The maximum absolute atomic E-state index is 12.6. The molecule has 0 saturated heterocycles. The van der Waals surface area contributed by atoms with E-state index < -0.39 is 15.9 Å². The lowest BCUT2D eigenvalue weighted by atomic mass is 10.1. The number of aryl methyl sites for hydroxylation is 1. The molecule has 9 heteroatoms. The second kappa shape index (κ2) is 8.62. The van der Waals surface area contributed by atoms with E-state index in [1.54, 1.807) is 32.0 Å². The first-order chi connectivity index (χ1) is 13.7. The Balaban J connectivity index is 1.82. The lowest BCUT2D eigenvalue weighted by Gasteiger charge is -2.10. The lowest BCUT2D eigenvalue weighted by Crippen LogP contribution is -2.30. The molecule has 0 saturated carbocycles. The quantitative estimate of drug-likeness (QED) is 0.570. The first kappa shape index (κ1) is 21.4. The van der Waals surface area contributed by atoms with Gasteiger partial charge in [-0.2, -0.15) is 0 Å². The third-order valence-corrected chi connectivity index (χ3v) is 6.73. The molecule has 0 unspecified atom stereocenters. The number of thiazole rings is 1. The number of aromatic nitrogens is 1. The van der Waals surface area contributed by atoms with E-state index >= 15 is 0 Å². The number of carbonyl (C=O) groups is 1. The van der Waals surface area contributed by atoms with Crippen LogP contribution in [0.25, 0.3) is 11.3 Å². The first-order valence-corrected chi connectivity index (χ1v) is 11.5. The third kappa shape index (κ3) is 5.22. The molecule has 0 atom stereocenters. The number of rotatable bonds is 6. The van der Waals surface area contributed by atoms with Gasteiger partial charge in [-0.25, -0.2) is 18.1 Å². The number of hydrogen-bond acceptors (Lipinski definition) is 5. The topological polar surface area (TPSA) is 88.2 Å². The van der Waals surface area contributed by atoms with Crippen LogP contribution in [0.1, 0.15) is 29.1 Å². The molecule has 3 rings (SSSR count). The van der Waals surface area contributed by atoms with Gasteiger partial charge in [-0.3, -0.25) is 10.1 Å². The fourth-order valence-corrected chi connectivity index (χ4v) is 4.93. The molecule has 1 aromatic heterocycles. The third-order valence-electron chi connectivity index (χ3n) is 3.93. The lowest BCUT2D eigenvalue weighted by molar-refractivity contribution is 0.102. The second-order valence-electron chi connectivity index (χ2n) is 6.69. The van der Waals surface area contributed by atoms with Crippen LogP contribution in [0, 0.1) is 6.92 Å². The Kier molecular flexibility index (Phi) is 6.38. The van der Waals surface area contributed by atoms with E-state index in [-0.39, 0.29) is 16.5 Å². The van der Waals surface area contributed by atoms with Gasteiger partial charge in [0, 0.05) is 27.1 Å². The Hall–Kier alpha value is -2.26. The van der Waals surface area contributed by atoms with Crippen molar-refractivity contribution in [1.29, 1.82) is 0 Å². The van der Waals surface area contributed by atoms with Gasteiger partial charge in [0.15, 0.2) is 5.13 Å². The van der Waals surface area contributed by atoms with E-state index in [9.17, 15) is 13.2 Å². The average molecular weight is 450 g/mol. The van der Waals surface area contributed by atoms with Crippen molar-refractivity contribution < 1.29 is 13.2 Å². The Labute approximate surface area is 179 Å². The maximum Gasteiger partial charge on any atom is 0.257 e. The van der Waals surface area contributed by atoms with Gasteiger partial charge >= 0.3 is 0 Å². The summed E-state index contributed by atoms with van der Waals surface area (Å²) in [6.45, 7) is 5.39. The van der Waals surface area contributed by atoms with E-state index in [0.717, 1.165) is 16.1 Å². The van der Waals surface area contributed by atoms with Gasteiger partial charge in [0.2, 0.25) is 10.0 Å². The summed E-state index contributed by atoms with van der Waals surface area (Å²) in [5.74, 6) is -0.428. The zero-order chi connectivity index (χ0) is 21.2. The number of carbonyl (C=O) groups excluding carboxylic acids is 1. The van der Waals surface area contributed by atoms with Gasteiger partial charge in [0.05, 0.1) is 10.6 Å². The predicted molar refractivity (Wildman–Crippen MR) is 117 cm³/mol. The maximum atomic E-state index is 12.6. The van der Waals surface area contributed by atoms with Crippen molar-refractivity contribution in [3.63, 3.8) is 0 Å². The fourth-order valence-electron chi connectivity index (χ4n) is 2.68. The number of nitrogens with one attached hydrogen (secondary N) is 2. The molecule has 0 aliphatic heterocycles. The minimum atomic E-state index is -3.68. The molecule has 1 amide bonds. The molecular weight excluding hydrogens is 430 g/mol. The number of anilines is 1. The van der Waals surface area contributed by atoms with Crippen molar-refractivity contribution in [3.05, 3.63) is 64.0 Å². The van der Waals surface area contributed by atoms with Gasteiger partial charge in [-0.15, -0.1) is 11.3 Å². The average Bonchev–Trinajstić information content (AvgIpc) is 3.01. The Bertz CT molecular complexity index is 1140. The standard InChI is InChI=1S/C20H20ClN3O3S2/c1-12(2)24-29(26,27)17-6-4-5-15(11-17)19(25)23-20-22-18(13(3)28-20)14-7-9-16(21)10-8-14/h4-12,24H,1-3H3,(H,22,23,25). The van der Waals surface area contributed by atoms with E-state index in [0.29, 0.717) is 10.2 Å². The Morgan fingerprint density at radius 3 is 2.48 bits per heavy atom. The van der Waals surface area contributed by atoms with Crippen molar-refractivity contribution in [2.45, 2.75) is 31.7 Å². The van der Waals surface area contributed by atoms with E-state index in [2.05, 4.69) is 15.0 Å². The van der Waals surface area contributed by atoms with Crippen molar-refractivity contribution in [2.24, 2.45) is 0 Å². The number of sulfonamides is 1. The minimum Gasteiger partial charge on any atom is -0.298 e. The highest BCUT2D eigenvalue weighted by atomic mass is 35.5. The van der Waals surface area contributed by atoms with Crippen LogP contribution in [0.4, 0.5) is 5.13 Å². The Morgan fingerprint density at radius 2 is 1.83 bits per heavy atom.